The molecule has 0 aliphatic carbocycles. The molecule has 2 heterocycles. The number of ether oxygens (including phenoxy) is 1. The molecule has 1 aliphatic rings. The highest BCUT2D eigenvalue weighted by Gasteiger charge is 2.26. The maximum atomic E-state index is 12.3. The first-order valence-electron chi connectivity index (χ1n) is 7.94. The third-order valence-corrected chi connectivity index (χ3v) is 3.93. The number of carbonyl (C=O) groups excluding carboxylic acids is 2. The monoisotopic (exact) mass is 342 g/mol. The van der Waals surface area contributed by atoms with E-state index in [2.05, 4.69) is 10.2 Å². The highest BCUT2D eigenvalue weighted by molar-refractivity contribution is 5.92. The molecule has 8 nitrogen and oxygen atoms in total. The molecule has 0 spiro atoms. The van der Waals surface area contributed by atoms with Gasteiger partial charge in [0.25, 0.3) is 11.5 Å². The smallest absolute Gasteiger partial charge is 0.410 e. The number of nitrogens with zero attached hydrogens (tertiary/aromatic N) is 3. The van der Waals surface area contributed by atoms with E-state index in [-0.39, 0.29) is 23.8 Å². The van der Waals surface area contributed by atoms with Crippen molar-refractivity contribution < 1.29 is 14.3 Å². The van der Waals surface area contributed by atoms with Crippen molar-refractivity contribution in [3.8, 4) is 0 Å². The molecule has 0 radical (unpaired) electrons. The molecule has 25 heavy (non-hydrogen) atoms. The van der Waals surface area contributed by atoms with Crippen molar-refractivity contribution in [2.45, 2.75) is 6.61 Å². The van der Waals surface area contributed by atoms with Gasteiger partial charge in [0.15, 0.2) is 0 Å². The van der Waals surface area contributed by atoms with Crippen LogP contribution in [0.15, 0.2) is 47.3 Å². The first-order valence-corrected chi connectivity index (χ1v) is 7.94. The zero-order valence-corrected chi connectivity index (χ0v) is 13.6. The van der Waals surface area contributed by atoms with Crippen LogP contribution < -0.4 is 5.56 Å². The first kappa shape index (κ1) is 16.7. The number of hydrogen-bond donors (Lipinski definition) is 1. The molecule has 130 valence electrons. The van der Waals surface area contributed by atoms with E-state index in [4.69, 9.17) is 4.74 Å². The number of amides is 2. The molecular weight excluding hydrogens is 324 g/mol. The Kier molecular flexibility index (Phi) is 5.08. The van der Waals surface area contributed by atoms with Crippen LogP contribution >= 0.6 is 0 Å². The van der Waals surface area contributed by atoms with E-state index in [0.29, 0.717) is 26.2 Å². The van der Waals surface area contributed by atoms with Gasteiger partial charge in [-0.25, -0.2) is 9.89 Å². The molecule has 1 N–H and O–H groups in total. The lowest BCUT2D eigenvalue weighted by Crippen LogP contribution is -2.50. The fourth-order valence-corrected chi connectivity index (χ4v) is 2.53. The van der Waals surface area contributed by atoms with Gasteiger partial charge in [0, 0.05) is 32.2 Å². The van der Waals surface area contributed by atoms with Crippen LogP contribution in [0.3, 0.4) is 0 Å². The number of aromatic nitrogens is 2. The van der Waals surface area contributed by atoms with E-state index in [0.717, 1.165) is 5.56 Å². The van der Waals surface area contributed by atoms with Gasteiger partial charge in [0.2, 0.25) is 0 Å². The number of benzene rings is 1. The summed E-state index contributed by atoms with van der Waals surface area (Å²) in [6.07, 6.45) is -0.391. The first-order chi connectivity index (χ1) is 12.1. The van der Waals surface area contributed by atoms with Crippen LogP contribution in [0.25, 0.3) is 0 Å². The van der Waals surface area contributed by atoms with Gasteiger partial charge in [-0.2, -0.15) is 5.10 Å². The molecule has 1 aromatic carbocycles. The molecule has 3 rings (SSSR count). The second-order valence-corrected chi connectivity index (χ2v) is 5.63. The Morgan fingerprint density at radius 2 is 1.68 bits per heavy atom. The second-order valence-electron chi connectivity index (χ2n) is 5.63. The van der Waals surface area contributed by atoms with Gasteiger partial charge in [0.1, 0.15) is 12.3 Å². The fourth-order valence-electron chi connectivity index (χ4n) is 2.53. The minimum atomic E-state index is -0.391. The summed E-state index contributed by atoms with van der Waals surface area (Å²) in [4.78, 5) is 38.6. The Labute approximate surface area is 144 Å². The molecule has 1 saturated heterocycles. The summed E-state index contributed by atoms with van der Waals surface area (Å²) in [5, 5.41) is 5.98. The molecular formula is C17H18N4O4. The molecule has 0 atom stereocenters. The summed E-state index contributed by atoms with van der Waals surface area (Å²) >= 11 is 0. The highest BCUT2D eigenvalue weighted by Crippen LogP contribution is 2.09. The van der Waals surface area contributed by atoms with E-state index in [1.165, 1.54) is 12.1 Å². The minimum Gasteiger partial charge on any atom is -0.445 e. The SMILES string of the molecule is O=C(OCc1ccccc1)N1CCN(C(=O)c2ccc(=O)[nH]n2)CC1. The molecule has 1 aliphatic heterocycles. The van der Waals surface area contributed by atoms with Crippen LogP contribution in [0.2, 0.25) is 0 Å². The number of H-pyrrole nitrogens is 1. The minimum absolute atomic E-state index is 0.180. The van der Waals surface area contributed by atoms with Crippen LogP contribution in [0, 0.1) is 0 Å². The second kappa shape index (κ2) is 7.61. The maximum absolute atomic E-state index is 12.3. The van der Waals surface area contributed by atoms with E-state index in [9.17, 15) is 14.4 Å². The highest BCUT2D eigenvalue weighted by atomic mass is 16.6. The van der Waals surface area contributed by atoms with Gasteiger partial charge in [-0.3, -0.25) is 9.59 Å². The predicted molar refractivity (Wildman–Crippen MR) is 89.0 cm³/mol. The summed E-state index contributed by atoms with van der Waals surface area (Å²) in [6, 6.07) is 12.1. The van der Waals surface area contributed by atoms with Crippen LogP contribution in [0.5, 0.6) is 0 Å². The Balaban J connectivity index is 1.49. The lowest BCUT2D eigenvalue weighted by Gasteiger charge is -2.33. The number of aromatic amines is 1. The summed E-state index contributed by atoms with van der Waals surface area (Å²) in [5.41, 5.74) is 0.746. The summed E-state index contributed by atoms with van der Waals surface area (Å²) < 4.78 is 5.29. The molecule has 0 saturated carbocycles. The van der Waals surface area contributed by atoms with Crippen LogP contribution in [0.1, 0.15) is 16.1 Å². The van der Waals surface area contributed by atoms with E-state index in [1.807, 2.05) is 30.3 Å². The lowest BCUT2D eigenvalue weighted by atomic mass is 10.2. The van der Waals surface area contributed by atoms with Crippen molar-refractivity contribution >= 4 is 12.0 Å². The third-order valence-electron chi connectivity index (χ3n) is 3.93. The quantitative estimate of drug-likeness (QED) is 0.893. The Morgan fingerprint density at radius 3 is 2.32 bits per heavy atom. The molecule has 2 aromatic rings. The van der Waals surface area contributed by atoms with Crippen molar-refractivity contribution in [3.05, 3.63) is 64.1 Å². The number of hydrogen-bond acceptors (Lipinski definition) is 5. The van der Waals surface area contributed by atoms with Crippen molar-refractivity contribution in [3.63, 3.8) is 0 Å². The Morgan fingerprint density at radius 1 is 1.00 bits per heavy atom. The summed E-state index contributed by atoms with van der Waals surface area (Å²) in [5.74, 6) is -0.270. The molecule has 0 unspecified atom stereocenters. The van der Waals surface area contributed by atoms with Crippen LogP contribution in [0.4, 0.5) is 4.79 Å². The Bertz CT molecular complexity index is 777. The van der Waals surface area contributed by atoms with Crippen molar-refractivity contribution in [2.24, 2.45) is 0 Å². The zero-order chi connectivity index (χ0) is 17.6. The number of nitrogens with one attached hydrogen (secondary N) is 1. The standard InChI is InChI=1S/C17H18N4O4/c22-15-7-6-14(18-19-15)16(23)20-8-10-21(11-9-20)17(24)25-12-13-4-2-1-3-5-13/h1-7H,8-12H2,(H,19,22). The maximum Gasteiger partial charge on any atom is 0.410 e. The predicted octanol–water partition coefficient (Wildman–Crippen LogP) is 0.864. The normalized spacial score (nSPS) is 14.2. The van der Waals surface area contributed by atoms with Gasteiger partial charge >= 0.3 is 6.09 Å². The number of rotatable bonds is 3. The van der Waals surface area contributed by atoms with Crippen molar-refractivity contribution in [1.82, 2.24) is 20.0 Å². The lowest BCUT2D eigenvalue weighted by molar-refractivity contribution is 0.0539. The van der Waals surface area contributed by atoms with Gasteiger partial charge in [-0.05, 0) is 11.6 Å². The molecule has 8 heteroatoms. The molecule has 1 aromatic heterocycles. The van der Waals surface area contributed by atoms with Gasteiger partial charge in [-0.15, -0.1) is 0 Å². The largest absolute Gasteiger partial charge is 0.445 e. The average molecular weight is 342 g/mol. The summed E-state index contributed by atoms with van der Waals surface area (Å²) in [7, 11) is 0. The Hall–Kier alpha value is -3.16. The van der Waals surface area contributed by atoms with Gasteiger partial charge < -0.3 is 14.5 Å². The van der Waals surface area contributed by atoms with Gasteiger partial charge in [-0.1, -0.05) is 30.3 Å². The fraction of sp³-hybridized carbons (Fsp3) is 0.294. The molecule has 1 fully saturated rings. The zero-order valence-electron chi connectivity index (χ0n) is 13.6. The van der Waals surface area contributed by atoms with E-state index >= 15 is 0 Å². The topological polar surface area (TPSA) is 95.6 Å². The molecule has 0 bridgehead atoms. The van der Waals surface area contributed by atoms with Crippen LogP contribution in [-0.2, 0) is 11.3 Å². The van der Waals surface area contributed by atoms with E-state index in [1.54, 1.807) is 9.80 Å². The van der Waals surface area contributed by atoms with Gasteiger partial charge in [0.05, 0.1) is 0 Å². The third kappa shape index (κ3) is 4.23. The van der Waals surface area contributed by atoms with Crippen molar-refractivity contribution in [1.29, 1.82) is 0 Å². The van der Waals surface area contributed by atoms with Crippen molar-refractivity contribution in [2.75, 3.05) is 26.2 Å². The number of carbonyl (C=O) groups is 2. The molecule has 2 amide bonds. The number of piperazine rings is 1. The van der Waals surface area contributed by atoms with E-state index < -0.39 is 6.09 Å². The average Bonchev–Trinajstić information content (AvgIpc) is 2.67. The van der Waals surface area contributed by atoms with Crippen LogP contribution in [-0.4, -0.2) is 58.2 Å². The summed E-state index contributed by atoms with van der Waals surface area (Å²) in [6.45, 7) is 1.78.